The van der Waals surface area contributed by atoms with E-state index in [-0.39, 0.29) is 6.61 Å². The van der Waals surface area contributed by atoms with Crippen LogP contribution in [-0.2, 0) is 4.65 Å². The largest absolute Gasteiger partial charge is 0.436 e. The molecule has 0 saturated carbocycles. The van der Waals surface area contributed by atoms with E-state index >= 15 is 0 Å². The van der Waals surface area contributed by atoms with E-state index in [2.05, 4.69) is 0 Å². The molecule has 0 aromatic heterocycles. The first-order valence-corrected chi connectivity index (χ1v) is 3.00. The third-order valence-electron chi connectivity index (χ3n) is 0.754. The summed E-state index contributed by atoms with van der Waals surface area (Å²) in [6.07, 6.45) is 0.748. The van der Waals surface area contributed by atoms with Gasteiger partial charge < -0.3 is 9.76 Å². The molecule has 48 valence electrons. The molecule has 8 heavy (non-hydrogen) atoms. The molecule has 0 rings (SSSR count). The lowest BCUT2D eigenvalue weighted by atomic mass is 9.75. The summed E-state index contributed by atoms with van der Waals surface area (Å²) in [6, 6.07) is 0. The minimum absolute atomic E-state index is 0.229. The molecule has 0 aromatic carbocycles. The molecule has 0 aliphatic carbocycles. The van der Waals surface area contributed by atoms with Crippen LogP contribution >= 0.6 is 0 Å². The Hall–Kier alpha value is -0.0151. The first-order valence-electron chi connectivity index (χ1n) is 3.00. The number of rotatable bonds is 4. The molecule has 0 aliphatic rings. The van der Waals surface area contributed by atoms with Crippen LogP contribution in [0.25, 0.3) is 0 Å². The molecule has 0 spiro atoms. The molecule has 0 radical (unpaired) electrons. The molecule has 0 amide bonds. The smallest absolute Gasteiger partial charge is 0.286 e. The predicted molar refractivity (Wildman–Crippen MR) is 35.1 cm³/mol. The van der Waals surface area contributed by atoms with Gasteiger partial charge in [0.25, 0.3) is 6.92 Å². The number of hydrogen-bond acceptors (Lipinski definition) is 2. The quantitative estimate of drug-likeness (QED) is 0.431. The van der Waals surface area contributed by atoms with Crippen LogP contribution in [-0.4, -0.2) is 25.2 Å². The van der Waals surface area contributed by atoms with Crippen molar-refractivity contribution in [1.82, 2.24) is 0 Å². The second-order valence-electron chi connectivity index (χ2n) is 2.00. The van der Waals surface area contributed by atoms with Gasteiger partial charge in [-0.15, -0.1) is 0 Å². The lowest BCUT2D eigenvalue weighted by Crippen LogP contribution is -2.09. The zero-order chi connectivity index (χ0) is 6.41. The van der Waals surface area contributed by atoms with Gasteiger partial charge in [-0.25, -0.2) is 0 Å². The van der Waals surface area contributed by atoms with Crippen LogP contribution in [0, 0.1) is 0 Å². The van der Waals surface area contributed by atoms with Gasteiger partial charge in [0.15, 0.2) is 0 Å². The van der Waals surface area contributed by atoms with Crippen LogP contribution in [0.2, 0.25) is 13.6 Å². The first-order chi connectivity index (χ1) is 3.77. The Bertz CT molecular complexity index is 47.7. The third-order valence-corrected chi connectivity index (χ3v) is 0.754. The fraction of sp³-hybridized carbons (Fsp3) is 1.00. The van der Waals surface area contributed by atoms with Gasteiger partial charge in [-0.1, -0.05) is 13.6 Å². The Labute approximate surface area is 51.0 Å². The maximum atomic E-state index is 8.30. The van der Waals surface area contributed by atoms with Crippen LogP contribution in [0.5, 0.6) is 0 Å². The van der Waals surface area contributed by atoms with Gasteiger partial charge in [0, 0.05) is 13.2 Å². The van der Waals surface area contributed by atoms with E-state index in [0.717, 1.165) is 6.42 Å². The van der Waals surface area contributed by atoms with Crippen molar-refractivity contribution in [1.29, 1.82) is 0 Å². The average molecular weight is 116 g/mol. The average Bonchev–Trinajstić information content (AvgIpc) is 1.66. The second-order valence-corrected chi connectivity index (χ2v) is 2.00. The highest BCUT2D eigenvalue weighted by molar-refractivity contribution is 6.48. The Morgan fingerprint density at radius 2 is 2.12 bits per heavy atom. The summed E-state index contributed by atoms with van der Waals surface area (Å²) in [6.45, 7) is 5.16. The van der Waals surface area contributed by atoms with Crippen molar-refractivity contribution in [3.8, 4) is 0 Å². The van der Waals surface area contributed by atoms with Gasteiger partial charge in [-0.2, -0.15) is 0 Å². The van der Waals surface area contributed by atoms with E-state index in [0.29, 0.717) is 13.5 Å². The lowest BCUT2D eigenvalue weighted by Gasteiger charge is -2.01. The Morgan fingerprint density at radius 3 is 2.50 bits per heavy atom. The van der Waals surface area contributed by atoms with Crippen LogP contribution in [0.3, 0.4) is 0 Å². The van der Waals surface area contributed by atoms with Crippen molar-refractivity contribution in [3.05, 3.63) is 0 Å². The van der Waals surface area contributed by atoms with E-state index in [9.17, 15) is 0 Å². The van der Waals surface area contributed by atoms with Crippen molar-refractivity contribution in [2.75, 3.05) is 13.2 Å². The highest BCUT2D eigenvalue weighted by Gasteiger charge is 1.95. The molecule has 2 nitrogen and oxygen atoms in total. The summed E-state index contributed by atoms with van der Waals surface area (Å²) >= 11 is 0. The van der Waals surface area contributed by atoms with E-state index < -0.39 is 0 Å². The van der Waals surface area contributed by atoms with Crippen molar-refractivity contribution >= 4 is 6.92 Å². The molecule has 3 heteroatoms. The number of aliphatic hydroxyl groups excluding tert-OH is 1. The normalized spacial score (nSPS) is 9.38. The fourth-order valence-corrected chi connectivity index (χ4v) is 0.384. The fourth-order valence-electron chi connectivity index (χ4n) is 0.384. The van der Waals surface area contributed by atoms with Crippen LogP contribution < -0.4 is 0 Å². The Morgan fingerprint density at radius 1 is 1.50 bits per heavy atom. The summed E-state index contributed by atoms with van der Waals surface area (Å²) in [4.78, 5) is 0. The van der Waals surface area contributed by atoms with Gasteiger partial charge in [0.1, 0.15) is 0 Å². The van der Waals surface area contributed by atoms with Crippen molar-refractivity contribution in [2.45, 2.75) is 20.1 Å². The Kier molecular flexibility index (Phi) is 5.12. The molecular weight excluding hydrogens is 103 g/mol. The molecule has 0 atom stereocenters. The lowest BCUT2D eigenvalue weighted by molar-refractivity contribution is 0.235. The molecule has 0 unspecified atom stereocenters. The third kappa shape index (κ3) is 5.98. The van der Waals surface area contributed by atoms with E-state index in [1.54, 1.807) is 0 Å². The highest BCUT2D eigenvalue weighted by Crippen LogP contribution is 1.85. The molecule has 0 saturated heterocycles. The summed E-state index contributed by atoms with van der Waals surface area (Å²) in [5.74, 6) is 0. The standard InChI is InChI=1S/C5H13BO2/c1-6(2)8-5-3-4-7/h7H,3-5H2,1-2H3. The summed E-state index contributed by atoms with van der Waals surface area (Å²) in [7, 11) is 0. The maximum absolute atomic E-state index is 8.30. The molecule has 0 fully saturated rings. The van der Waals surface area contributed by atoms with Crippen molar-refractivity contribution in [3.63, 3.8) is 0 Å². The topological polar surface area (TPSA) is 29.5 Å². The highest BCUT2D eigenvalue weighted by atomic mass is 16.4. The molecule has 0 bridgehead atoms. The number of aliphatic hydroxyl groups is 1. The molecular formula is C5H13BO2. The van der Waals surface area contributed by atoms with E-state index in [1.807, 2.05) is 13.6 Å². The van der Waals surface area contributed by atoms with Gasteiger partial charge in [-0.3, -0.25) is 0 Å². The number of hydrogen-bond donors (Lipinski definition) is 1. The van der Waals surface area contributed by atoms with Crippen LogP contribution in [0.15, 0.2) is 0 Å². The monoisotopic (exact) mass is 116 g/mol. The summed E-state index contributed by atoms with van der Waals surface area (Å²) in [5, 5.41) is 8.30. The SMILES string of the molecule is CB(C)OCCCO. The zero-order valence-corrected chi connectivity index (χ0v) is 5.55. The molecule has 0 heterocycles. The zero-order valence-electron chi connectivity index (χ0n) is 5.55. The van der Waals surface area contributed by atoms with Crippen LogP contribution in [0.4, 0.5) is 0 Å². The van der Waals surface area contributed by atoms with Gasteiger partial charge in [0.2, 0.25) is 0 Å². The minimum atomic E-state index is 0.229. The van der Waals surface area contributed by atoms with Crippen molar-refractivity contribution in [2.24, 2.45) is 0 Å². The van der Waals surface area contributed by atoms with E-state index in [4.69, 9.17) is 9.76 Å². The first kappa shape index (κ1) is 7.98. The van der Waals surface area contributed by atoms with Crippen LogP contribution in [0.1, 0.15) is 6.42 Å². The Balaban J connectivity index is 2.72. The molecule has 1 N–H and O–H groups in total. The summed E-state index contributed by atoms with van der Waals surface area (Å²) in [5.41, 5.74) is 0. The molecule has 0 aromatic rings. The van der Waals surface area contributed by atoms with Gasteiger partial charge in [-0.05, 0) is 6.42 Å². The second kappa shape index (κ2) is 5.13. The maximum Gasteiger partial charge on any atom is 0.286 e. The van der Waals surface area contributed by atoms with Gasteiger partial charge in [0.05, 0.1) is 0 Å². The van der Waals surface area contributed by atoms with Crippen molar-refractivity contribution < 1.29 is 9.76 Å². The predicted octanol–water partition coefficient (Wildman–Crippen LogP) is 0.637. The van der Waals surface area contributed by atoms with Gasteiger partial charge >= 0.3 is 0 Å². The minimum Gasteiger partial charge on any atom is -0.436 e. The summed E-state index contributed by atoms with van der Waals surface area (Å²) < 4.78 is 5.12. The molecule has 0 aliphatic heterocycles. The van der Waals surface area contributed by atoms with E-state index in [1.165, 1.54) is 0 Å².